The molecule has 6 nitrogen and oxygen atoms in total. The number of methoxy groups -OCH3 is 1. The molecular weight excluding hydrogens is 254 g/mol. The molecule has 6 heteroatoms. The van der Waals surface area contributed by atoms with Gasteiger partial charge in [-0.15, -0.1) is 0 Å². The maximum absolute atomic E-state index is 5.88. The Hall–Kier alpha value is -2.89. The smallest absolute Gasteiger partial charge is 0.221 e. The van der Waals surface area contributed by atoms with Crippen LogP contribution in [0.5, 0.6) is 5.88 Å². The number of benzene rings is 1. The van der Waals surface area contributed by atoms with Gasteiger partial charge in [0.15, 0.2) is 0 Å². The highest BCUT2D eigenvalue weighted by Crippen LogP contribution is 2.30. The fraction of sp³-hybridized carbons (Fsp3) is 0.0714. The second-order valence-electron chi connectivity index (χ2n) is 4.27. The SMILES string of the molecule is COc1nc(-c2cnc(N)nc2N)cc2ccccc12. The van der Waals surface area contributed by atoms with Gasteiger partial charge in [-0.2, -0.15) is 4.98 Å². The quantitative estimate of drug-likeness (QED) is 0.735. The Morgan fingerprint density at radius 2 is 1.90 bits per heavy atom. The summed E-state index contributed by atoms with van der Waals surface area (Å²) in [6, 6.07) is 9.75. The fourth-order valence-electron chi connectivity index (χ4n) is 2.07. The lowest BCUT2D eigenvalue weighted by Gasteiger charge is -2.09. The summed E-state index contributed by atoms with van der Waals surface area (Å²) < 4.78 is 5.34. The molecule has 2 heterocycles. The summed E-state index contributed by atoms with van der Waals surface area (Å²) >= 11 is 0. The topological polar surface area (TPSA) is 99.9 Å². The number of nitrogens with zero attached hydrogens (tertiary/aromatic N) is 3. The first-order chi connectivity index (χ1) is 9.69. The number of nitrogen functional groups attached to an aromatic ring is 2. The van der Waals surface area contributed by atoms with Crippen molar-refractivity contribution in [1.29, 1.82) is 0 Å². The van der Waals surface area contributed by atoms with E-state index in [9.17, 15) is 0 Å². The summed E-state index contributed by atoms with van der Waals surface area (Å²) in [5, 5.41) is 1.94. The molecule has 0 radical (unpaired) electrons. The van der Waals surface area contributed by atoms with Crippen molar-refractivity contribution in [3.05, 3.63) is 36.5 Å². The van der Waals surface area contributed by atoms with Crippen LogP contribution < -0.4 is 16.2 Å². The van der Waals surface area contributed by atoms with E-state index in [2.05, 4.69) is 15.0 Å². The standard InChI is InChI=1S/C14H13N5O/c1-20-13-9-5-3-2-4-8(9)6-11(18-13)10-7-17-14(16)19-12(10)15/h2-7H,1H3,(H4,15,16,17,19). The maximum atomic E-state index is 5.88. The number of rotatable bonds is 2. The molecule has 0 saturated carbocycles. The van der Waals surface area contributed by atoms with Gasteiger partial charge in [0, 0.05) is 11.6 Å². The van der Waals surface area contributed by atoms with Crippen LogP contribution in [0.1, 0.15) is 0 Å². The molecule has 2 aromatic heterocycles. The van der Waals surface area contributed by atoms with E-state index in [1.807, 2.05) is 30.3 Å². The summed E-state index contributed by atoms with van der Waals surface area (Å²) in [4.78, 5) is 12.4. The molecule has 0 amide bonds. The lowest BCUT2D eigenvalue weighted by atomic mass is 10.1. The van der Waals surface area contributed by atoms with Crippen molar-refractivity contribution < 1.29 is 4.74 Å². The maximum Gasteiger partial charge on any atom is 0.221 e. The average Bonchev–Trinajstić information content (AvgIpc) is 2.46. The third-order valence-electron chi connectivity index (χ3n) is 3.01. The highest BCUT2D eigenvalue weighted by Gasteiger charge is 2.11. The highest BCUT2D eigenvalue weighted by molar-refractivity contribution is 5.90. The Balaban J connectivity index is 2.26. The molecule has 20 heavy (non-hydrogen) atoms. The lowest BCUT2D eigenvalue weighted by Crippen LogP contribution is -2.02. The minimum Gasteiger partial charge on any atom is -0.481 e. The van der Waals surface area contributed by atoms with E-state index in [1.54, 1.807) is 13.3 Å². The zero-order valence-electron chi connectivity index (χ0n) is 10.9. The van der Waals surface area contributed by atoms with Gasteiger partial charge in [0.05, 0.1) is 18.4 Å². The number of hydrogen-bond acceptors (Lipinski definition) is 6. The summed E-state index contributed by atoms with van der Waals surface area (Å²) in [5.74, 6) is 0.968. The van der Waals surface area contributed by atoms with Gasteiger partial charge in [0.25, 0.3) is 0 Å². The van der Waals surface area contributed by atoms with E-state index in [0.717, 1.165) is 10.8 Å². The minimum atomic E-state index is 0.138. The van der Waals surface area contributed by atoms with Gasteiger partial charge in [-0.05, 0) is 17.5 Å². The molecule has 0 aliphatic heterocycles. The van der Waals surface area contributed by atoms with Crippen LogP contribution in [0.25, 0.3) is 22.0 Å². The minimum absolute atomic E-state index is 0.138. The first-order valence-corrected chi connectivity index (χ1v) is 6.01. The van der Waals surface area contributed by atoms with Gasteiger partial charge < -0.3 is 16.2 Å². The summed E-state index contributed by atoms with van der Waals surface area (Å²) in [6.45, 7) is 0. The van der Waals surface area contributed by atoms with Crippen LogP contribution in [0.15, 0.2) is 36.5 Å². The molecule has 1 aromatic carbocycles. The van der Waals surface area contributed by atoms with Crippen molar-refractivity contribution in [1.82, 2.24) is 15.0 Å². The van der Waals surface area contributed by atoms with Crippen molar-refractivity contribution in [3.8, 4) is 17.1 Å². The van der Waals surface area contributed by atoms with E-state index < -0.39 is 0 Å². The number of anilines is 2. The molecule has 3 aromatic rings. The number of aromatic nitrogens is 3. The molecule has 0 aliphatic rings. The van der Waals surface area contributed by atoms with Crippen LogP contribution >= 0.6 is 0 Å². The number of fused-ring (bicyclic) bond motifs is 1. The van der Waals surface area contributed by atoms with Gasteiger partial charge in [-0.1, -0.05) is 18.2 Å². The zero-order chi connectivity index (χ0) is 14.1. The van der Waals surface area contributed by atoms with Crippen LogP contribution in [0.4, 0.5) is 11.8 Å². The van der Waals surface area contributed by atoms with Crippen molar-refractivity contribution in [2.45, 2.75) is 0 Å². The van der Waals surface area contributed by atoms with E-state index in [1.165, 1.54) is 0 Å². The monoisotopic (exact) mass is 267 g/mol. The van der Waals surface area contributed by atoms with Gasteiger partial charge in [0.1, 0.15) is 5.82 Å². The van der Waals surface area contributed by atoms with Crippen LogP contribution in [-0.4, -0.2) is 22.1 Å². The first kappa shape index (κ1) is 12.2. The lowest BCUT2D eigenvalue weighted by molar-refractivity contribution is 0.404. The molecule has 0 atom stereocenters. The number of pyridine rings is 1. The molecule has 0 saturated heterocycles. The molecule has 100 valence electrons. The third-order valence-corrected chi connectivity index (χ3v) is 3.01. The van der Waals surface area contributed by atoms with Gasteiger partial charge in [-0.3, -0.25) is 0 Å². The second kappa shape index (κ2) is 4.65. The van der Waals surface area contributed by atoms with Crippen molar-refractivity contribution >= 4 is 22.5 Å². The molecule has 0 aliphatic carbocycles. The van der Waals surface area contributed by atoms with Crippen LogP contribution in [0.3, 0.4) is 0 Å². The van der Waals surface area contributed by atoms with E-state index in [0.29, 0.717) is 23.0 Å². The van der Waals surface area contributed by atoms with E-state index in [4.69, 9.17) is 16.2 Å². The Bertz CT molecular complexity index is 788. The van der Waals surface area contributed by atoms with E-state index in [-0.39, 0.29) is 5.95 Å². The fourth-order valence-corrected chi connectivity index (χ4v) is 2.07. The first-order valence-electron chi connectivity index (χ1n) is 6.01. The van der Waals surface area contributed by atoms with Crippen LogP contribution in [0, 0.1) is 0 Å². The Morgan fingerprint density at radius 1 is 1.10 bits per heavy atom. The highest BCUT2D eigenvalue weighted by atomic mass is 16.5. The Morgan fingerprint density at radius 3 is 2.65 bits per heavy atom. The molecule has 0 fully saturated rings. The number of ether oxygens (including phenoxy) is 1. The Labute approximate surface area is 115 Å². The summed E-state index contributed by atoms with van der Waals surface area (Å²) in [7, 11) is 1.58. The molecule has 3 rings (SSSR count). The predicted molar refractivity (Wildman–Crippen MR) is 78.1 cm³/mol. The normalized spacial score (nSPS) is 10.7. The van der Waals surface area contributed by atoms with E-state index >= 15 is 0 Å². The van der Waals surface area contributed by atoms with Crippen molar-refractivity contribution in [2.24, 2.45) is 0 Å². The summed E-state index contributed by atoms with van der Waals surface area (Å²) in [6.07, 6.45) is 1.56. The van der Waals surface area contributed by atoms with Crippen molar-refractivity contribution in [2.75, 3.05) is 18.6 Å². The van der Waals surface area contributed by atoms with Gasteiger partial charge >= 0.3 is 0 Å². The molecule has 0 bridgehead atoms. The number of hydrogen-bond donors (Lipinski definition) is 2. The molecule has 0 unspecified atom stereocenters. The third kappa shape index (κ3) is 1.97. The largest absolute Gasteiger partial charge is 0.481 e. The molecular formula is C14H13N5O. The van der Waals surface area contributed by atoms with Crippen molar-refractivity contribution in [3.63, 3.8) is 0 Å². The van der Waals surface area contributed by atoms with Gasteiger partial charge in [-0.25, -0.2) is 9.97 Å². The van der Waals surface area contributed by atoms with Crippen LogP contribution in [-0.2, 0) is 0 Å². The predicted octanol–water partition coefficient (Wildman–Crippen LogP) is 1.86. The average molecular weight is 267 g/mol. The zero-order valence-corrected chi connectivity index (χ0v) is 10.9. The number of nitrogens with two attached hydrogens (primary N) is 2. The molecule has 0 spiro atoms. The van der Waals surface area contributed by atoms with Crippen LogP contribution in [0.2, 0.25) is 0 Å². The summed E-state index contributed by atoms with van der Waals surface area (Å²) in [5.41, 5.74) is 12.7. The molecule has 4 N–H and O–H groups in total. The van der Waals surface area contributed by atoms with Gasteiger partial charge in [0.2, 0.25) is 11.8 Å². The second-order valence-corrected chi connectivity index (χ2v) is 4.27. The Kier molecular flexibility index (Phi) is 2.83.